The van der Waals surface area contributed by atoms with Crippen molar-refractivity contribution in [1.82, 2.24) is 0 Å². The predicted molar refractivity (Wildman–Crippen MR) is 76.0 cm³/mol. The molecule has 1 N–H and O–H groups in total. The molecule has 3 aliphatic rings. The Hall–Kier alpha value is -0.750. The van der Waals surface area contributed by atoms with Gasteiger partial charge in [-0.3, -0.25) is 4.79 Å². The fourth-order valence-corrected chi connectivity index (χ4v) is 3.80. The minimum atomic E-state index is -1.41. The zero-order valence-corrected chi connectivity index (χ0v) is 13.1. The van der Waals surface area contributed by atoms with Gasteiger partial charge in [0.2, 0.25) is 0 Å². The standard InChI is InChI=1S/C16H24O5/c1-10(2)5-6-12-14(3,21-12)16(18)13(19-4)11(17)7-8-15(16)9-20-15/h5,12-13,18H,6-9H2,1-4H3/t12-,13-,14+,15+,16?/m1/s1. The van der Waals surface area contributed by atoms with E-state index in [1.165, 1.54) is 12.7 Å². The Balaban J connectivity index is 1.90. The van der Waals surface area contributed by atoms with Crippen molar-refractivity contribution >= 4 is 5.78 Å². The highest BCUT2D eigenvalue weighted by Gasteiger charge is 2.81. The first-order chi connectivity index (χ1) is 9.81. The van der Waals surface area contributed by atoms with Crippen molar-refractivity contribution in [2.45, 2.75) is 69.0 Å². The third kappa shape index (κ3) is 1.95. The van der Waals surface area contributed by atoms with Crippen molar-refractivity contribution in [2.24, 2.45) is 0 Å². The zero-order valence-electron chi connectivity index (χ0n) is 13.1. The lowest BCUT2D eigenvalue weighted by molar-refractivity contribution is -0.193. The van der Waals surface area contributed by atoms with Crippen LogP contribution in [-0.4, -0.2) is 53.6 Å². The van der Waals surface area contributed by atoms with Crippen LogP contribution in [0.15, 0.2) is 11.6 Å². The molecule has 5 nitrogen and oxygen atoms in total. The van der Waals surface area contributed by atoms with Gasteiger partial charge in [-0.15, -0.1) is 0 Å². The molecule has 0 bridgehead atoms. The van der Waals surface area contributed by atoms with Crippen molar-refractivity contribution in [3.63, 3.8) is 0 Å². The molecule has 1 spiro atoms. The maximum Gasteiger partial charge on any atom is 0.164 e. The van der Waals surface area contributed by atoms with E-state index >= 15 is 0 Å². The lowest BCUT2D eigenvalue weighted by Crippen LogP contribution is -2.69. The molecule has 0 aromatic rings. The average molecular weight is 296 g/mol. The Kier molecular flexibility index (Phi) is 3.34. The highest BCUT2D eigenvalue weighted by molar-refractivity contribution is 5.87. The smallest absolute Gasteiger partial charge is 0.164 e. The molecule has 1 aliphatic carbocycles. The molecule has 3 rings (SSSR count). The number of aliphatic hydroxyl groups is 1. The van der Waals surface area contributed by atoms with Crippen molar-refractivity contribution in [1.29, 1.82) is 0 Å². The second kappa shape index (κ2) is 4.62. The summed E-state index contributed by atoms with van der Waals surface area (Å²) in [6, 6.07) is 0. The minimum Gasteiger partial charge on any atom is -0.380 e. The topological polar surface area (TPSA) is 71.6 Å². The maximum absolute atomic E-state index is 12.2. The Morgan fingerprint density at radius 1 is 1.52 bits per heavy atom. The Labute approximate surface area is 125 Å². The van der Waals surface area contributed by atoms with Crippen LogP contribution in [0, 0.1) is 0 Å². The van der Waals surface area contributed by atoms with Crippen LogP contribution in [-0.2, 0) is 19.0 Å². The summed E-state index contributed by atoms with van der Waals surface area (Å²) in [7, 11) is 1.46. The van der Waals surface area contributed by atoms with Gasteiger partial charge in [0.05, 0.1) is 12.7 Å². The van der Waals surface area contributed by atoms with E-state index in [1.807, 2.05) is 20.8 Å². The first-order valence-electron chi connectivity index (χ1n) is 7.54. The lowest BCUT2D eigenvalue weighted by atomic mass is 9.65. The van der Waals surface area contributed by atoms with Gasteiger partial charge in [0.1, 0.15) is 17.3 Å². The lowest BCUT2D eigenvalue weighted by Gasteiger charge is -2.45. The number of hydrogen-bond donors (Lipinski definition) is 1. The molecule has 0 amide bonds. The molecule has 3 fully saturated rings. The third-order valence-corrected chi connectivity index (χ3v) is 5.31. The number of carbonyl (C=O) groups is 1. The van der Waals surface area contributed by atoms with Crippen molar-refractivity contribution < 1.29 is 24.1 Å². The molecule has 5 heteroatoms. The molecule has 0 aromatic carbocycles. The highest BCUT2D eigenvalue weighted by atomic mass is 16.7. The summed E-state index contributed by atoms with van der Waals surface area (Å²) in [6.45, 7) is 6.39. The molecular weight excluding hydrogens is 272 g/mol. The minimum absolute atomic E-state index is 0.0705. The van der Waals surface area contributed by atoms with Gasteiger partial charge in [-0.25, -0.2) is 0 Å². The summed E-state index contributed by atoms with van der Waals surface area (Å²) in [4.78, 5) is 12.2. The number of methoxy groups -OCH3 is 1. The number of Topliss-reactive ketones (excluding diaryl/α,β-unsaturated/α-hetero) is 1. The van der Waals surface area contributed by atoms with E-state index in [9.17, 15) is 9.90 Å². The van der Waals surface area contributed by atoms with E-state index in [-0.39, 0.29) is 11.9 Å². The quantitative estimate of drug-likeness (QED) is 0.627. The number of allylic oxidation sites excluding steroid dienone is 1. The number of epoxide rings is 2. The molecule has 1 saturated carbocycles. The van der Waals surface area contributed by atoms with E-state index in [1.54, 1.807) is 0 Å². The van der Waals surface area contributed by atoms with Crippen LogP contribution in [0.2, 0.25) is 0 Å². The molecule has 0 radical (unpaired) electrons. The second-order valence-electron chi connectivity index (χ2n) is 6.86. The van der Waals surface area contributed by atoms with Crippen molar-refractivity contribution in [3.8, 4) is 0 Å². The second-order valence-corrected chi connectivity index (χ2v) is 6.86. The Morgan fingerprint density at radius 2 is 2.19 bits per heavy atom. The first-order valence-corrected chi connectivity index (χ1v) is 7.54. The number of hydrogen-bond acceptors (Lipinski definition) is 5. The van der Waals surface area contributed by atoms with Gasteiger partial charge < -0.3 is 19.3 Å². The number of ketones is 1. The maximum atomic E-state index is 12.2. The summed E-state index contributed by atoms with van der Waals surface area (Å²) >= 11 is 0. The van der Waals surface area contributed by atoms with Crippen LogP contribution in [0.3, 0.4) is 0 Å². The molecule has 5 atom stereocenters. The fourth-order valence-electron chi connectivity index (χ4n) is 3.80. The summed E-state index contributed by atoms with van der Waals surface area (Å²) < 4.78 is 16.8. The van der Waals surface area contributed by atoms with Gasteiger partial charge in [0.25, 0.3) is 0 Å². The zero-order chi connectivity index (χ0) is 15.5. The summed E-state index contributed by atoms with van der Waals surface area (Å²) in [5.41, 5.74) is -1.69. The SMILES string of the molecule is CO[C@@H]1C(=O)CC[C@]2(CO2)C1(O)[C@@]1(C)O[C@@H]1CC=C(C)C. The normalized spacial score (nSPS) is 48.3. The van der Waals surface area contributed by atoms with Crippen molar-refractivity contribution in [3.05, 3.63) is 11.6 Å². The molecular formula is C16H24O5. The van der Waals surface area contributed by atoms with E-state index in [2.05, 4.69) is 6.08 Å². The average Bonchev–Trinajstić information content (AvgIpc) is 3.31. The highest BCUT2D eigenvalue weighted by Crippen LogP contribution is 2.61. The monoisotopic (exact) mass is 296 g/mol. The summed E-state index contributed by atoms with van der Waals surface area (Å²) in [5.74, 6) is -0.0705. The molecule has 21 heavy (non-hydrogen) atoms. The van der Waals surface area contributed by atoms with E-state index in [4.69, 9.17) is 14.2 Å². The van der Waals surface area contributed by atoms with Crippen molar-refractivity contribution in [2.75, 3.05) is 13.7 Å². The third-order valence-electron chi connectivity index (χ3n) is 5.31. The van der Waals surface area contributed by atoms with Gasteiger partial charge in [-0.05, 0) is 33.6 Å². The van der Waals surface area contributed by atoms with Gasteiger partial charge in [0.15, 0.2) is 11.4 Å². The molecule has 0 aromatic heterocycles. The van der Waals surface area contributed by atoms with E-state index in [0.717, 1.165) is 6.42 Å². The predicted octanol–water partition coefficient (Wildman–Crippen LogP) is 1.38. The summed E-state index contributed by atoms with van der Waals surface area (Å²) in [6.07, 6.45) is 2.75. The van der Waals surface area contributed by atoms with Crippen LogP contribution >= 0.6 is 0 Å². The summed E-state index contributed by atoms with van der Waals surface area (Å²) in [5, 5.41) is 11.4. The fraction of sp³-hybridized carbons (Fsp3) is 0.812. The number of rotatable bonds is 4. The Bertz CT molecular complexity index is 491. The van der Waals surface area contributed by atoms with Crippen LogP contribution in [0.5, 0.6) is 0 Å². The van der Waals surface area contributed by atoms with E-state index < -0.39 is 22.9 Å². The van der Waals surface area contributed by atoms with Crippen LogP contribution < -0.4 is 0 Å². The van der Waals surface area contributed by atoms with Crippen LogP contribution in [0.25, 0.3) is 0 Å². The molecule has 118 valence electrons. The van der Waals surface area contributed by atoms with Crippen LogP contribution in [0.4, 0.5) is 0 Å². The largest absolute Gasteiger partial charge is 0.380 e. The molecule has 2 heterocycles. The van der Waals surface area contributed by atoms with Gasteiger partial charge in [-0.1, -0.05) is 11.6 Å². The van der Waals surface area contributed by atoms with Gasteiger partial charge in [0, 0.05) is 13.5 Å². The first kappa shape index (κ1) is 15.2. The van der Waals surface area contributed by atoms with E-state index in [0.29, 0.717) is 19.4 Å². The molecule has 2 aliphatic heterocycles. The number of carbonyl (C=O) groups excluding carboxylic acids is 1. The van der Waals surface area contributed by atoms with Gasteiger partial charge in [-0.2, -0.15) is 0 Å². The molecule has 1 unspecified atom stereocenters. The number of ether oxygens (including phenoxy) is 3. The van der Waals surface area contributed by atoms with Gasteiger partial charge >= 0.3 is 0 Å². The Morgan fingerprint density at radius 3 is 2.71 bits per heavy atom. The molecule has 2 saturated heterocycles. The van der Waals surface area contributed by atoms with Crippen LogP contribution in [0.1, 0.15) is 40.0 Å².